The Labute approximate surface area is 508 Å². The van der Waals surface area contributed by atoms with Gasteiger partial charge in [-0.1, -0.05) is 406 Å². The van der Waals surface area contributed by atoms with Crippen LogP contribution in [-0.4, -0.2) is 37.2 Å². The van der Waals surface area contributed by atoms with E-state index in [4.69, 9.17) is 14.2 Å². The highest BCUT2D eigenvalue weighted by Gasteiger charge is 2.20. The third kappa shape index (κ3) is 69.1. The van der Waals surface area contributed by atoms with Gasteiger partial charge < -0.3 is 14.2 Å². The molecular formula is C75H146O6. The second kappa shape index (κ2) is 70.9. The highest BCUT2D eigenvalue weighted by molar-refractivity contribution is 5.71. The van der Waals surface area contributed by atoms with E-state index < -0.39 is 6.10 Å². The second-order valence-corrected chi connectivity index (χ2v) is 25.9. The minimum Gasteiger partial charge on any atom is -0.462 e. The summed E-state index contributed by atoms with van der Waals surface area (Å²) in [5, 5.41) is 0. The number of ether oxygens (including phenoxy) is 3. The van der Waals surface area contributed by atoms with Crippen LogP contribution in [0.4, 0.5) is 0 Å². The van der Waals surface area contributed by atoms with Crippen LogP contribution >= 0.6 is 0 Å². The van der Waals surface area contributed by atoms with Crippen molar-refractivity contribution in [3.8, 4) is 0 Å². The summed E-state index contributed by atoms with van der Waals surface area (Å²) in [6.07, 6.45) is 84.4. The van der Waals surface area contributed by atoms with E-state index in [1.54, 1.807) is 0 Å². The largest absolute Gasteiger partial charge is 0.462 e. The molecule has 0 aromatic rings. The van der Waals surface area contributed by atoms with E-state index in [0.717, 1.165) is 57.8 Å². The lowest BCUT2D eigenvalue weighted by molar-refractivity contribution is -0.167. The van der Waals surface area contributed by atoms with Crippen molar-refractivity contribution in [1.82, 2.24) is 0 Å². The maximum Gasteiger partial charge on any atom is 0.306 e. The molecular weight excluding hydrogens is 997 g/mol. The van der Waals surface area contributed by atoms with Gasteiger partial charge in [-0.3, -0.25) is 14.4 Å². The minimum atomic E-state index is -0.763. The number of rotatable bonds is 71. The first kappa shape index (κ1) is 79.4. The van der Waals surface area contributed by atoms with Gasteiger partial charge >= 0.3 is 17.9 Å². The fourth-order valence-corrected chi connectivity index (χ4v) is 12.0. The van der Waals surface area contributed by atoms with Gasteiger partial charge in [0.25, 0.3) is 0 Å². The normalized spacial score (nSPS) is 11.9. The van der Waals surface area contributed by atoms with E-state index in [1.807, 2.05) is 0 Å². The molecule has 0 aromatic heterocycles. The van der Waals surface area contributed by atoms with Gasteiger partial charge in [0.2, 0.25) is 0 Å². The number of unbranched alkanes of at least 4 members (excludes halogenated alkanes) is 60. The molecule has 0 spiro atoms. The summed E-state index contributed by atoms with van der Waals surface area (Å²) in [5.74, 6) is -0.818. The lowest BCUT2D eigenvalue weighted by atomic mass is 10.0. The summed E-state index contributed by atoms with van der Waals surface area (Å²) in [5.41, 5.74) is 0. The molecule has 0 bridgehead atoms. The molecule has 81 heavy (non-hydrogen) atoms. The Morgan fingerprint density at radius 1 is 0.198 bits per heavy atom. The molecule has 482 valence electrons. The standard InChI is InChI=1S/C75H146O6/c1-4-7-10-13-16-19-22-25-28-30-31-32-33-34-35-36-37-38-39-40-41-42-43-45-47-50-53-56-59-62-65-68-74(77)80-71-72(70-79-73(76)67-64-61-58-55-52-49-46-27-24-21-18-15-12-9-6-3)81-75(78)69-66-63-60-57-54-51-48-44-29-26-23-20-17-14-11-8-5-2/h72H,4-71H2,1-3H3. The van der Waals surface area contributed by atoms with Gasteiger partial charge in [0.15, 0.2) is 6.10 Å². The van der Waals surface area contributed by atoms with Gasteiger partial charge in [0.05, 0.1) is 0 Å². The predicted octanol–water partition coefficient (Wildman–Crippen LogP) is 25.8. The van der Waals surface area contributed by atoms with Crippen LogP contribution in [0.1, 0.15) is 445 Å². The zero-order valence-electron chi connectivity index (χ0n) is 55.6. The topological polar surface area (TPSA) is 78.9 Å². The van der Waals surface area contributed by atoms with Gasteiger partial charge in [-0.2, -0.15) is 0 Å². The summed E-state index contributed by atoms with van der Waals surface area (Å²) >= 11 is 0. The quantitative estimate of drug-likeness (QED) is 0.0343. The first-order chi connectivity index (χ1) is 40.0. The SMILES string of the molecule is CCCCCCCCCCCCCCCCCCCCCCCCCCCCCCCCCC(=O)OCC(COC(=O)CCCCCCCCCCCCCCCCC)OC(=O)CCCCCCCCCCCCCCCCCCC. The Balaban J connectivity index is 4.11. The van der Waals surface area contributed by atoms with E-state index in [9.17, 15) is 14.4 Å². The van der Waals surface area contributed by atoms with Crippen LogP contribution in [0, 0.1) is 0 Å². The molecule has 6 nitrogen and oxygen atoms in total. The van der Waals surface area contributed by atoms with Crippen LogP contribution in [0.25, 0.3) is 0 Å². The maximum absolute atomic E-state index is 12.9. The number of carbonyl (C=O) groups is 3. The van der Waals surface area contributed by atoms with Crippen LogP contribution < -0.4 is 0 Å². The summed E-state index contributed by atoms with van der Waals surface area (Å²) in [6, 6.07) is 0. The average Bonchev–Trinajstić information content (AvgIpc) is 3.47. The van der Waals surface area contributed by atoms with Crippen LogP contribution in [0.3, 0.4) is 0 Å². The van der Waals surface area contributed by atoms with Crippen molar-refractivity contribution in [2.45, 2.75) is 451 Å². The zero-order valence-corrected chi connectivity index (χ0v) is 55.6. The van der Waals surface area contributed by atoms with Crippen LogP contribution in [0.2, 0.25) is 0 Å². The highest BCUT2D eigenvalue weighted by Crippen LogP contribution is 2.20. The molecule has 0 aromatic carbocycles. The van der Waals surface area contributed by atoms with Gasteiger partial charge in [-0.25, -0.2) is 0 Å². The van der Waals surface area contributed by atoms with E-state index >= 15 is 0 Å². The zero-order chi connectivity index (χ0) is 58.5. The fourth-order valence-electron chi connectivity index (χ4n) is 12.0. The van der Waals surface area contributed by atoms with E-state index in [2.05, 4.69) is 20.8 Å². The molecule has 0 radical (unpaired) electrons. The van der Waals surface area contributed by atoms with Crippen LogP contribution in [0.5, 0.6) is 0 Å². The molecule has 0 aliphatic carbocycles. The second-order valence-electron chi connectivity index (χ2n) is 25.9. The molecule has 0 rings (SSSR count). The molecule has 1 atom stereocenters. The molecule has 0 heterocycles. The summed E-state index contributed by atoms with van der Waals surface area (Å²) in [6.45, 7) is 6.75. The summed E-state index contributed by atoms with van der Waals surface area (Å²) < 4.78 is 17.0. The van der Waals surface area contributed by atoms with Gasteiger partial charge in [0, 0.05) is 19.3 Å². The first-order valence-corrected chi connectivity index (χ1v) is 37.5. The van der Waals surface area contributed by atoms with E-state index in [-0.39, 0.29) is 31.1 Å². The van der Waals surface area contributed by atoms with Crippen molar-refractivity contribution >= 4 is 17.9 Å². The first-order valence-electron chi connectivity index (χ1n) is 37.5. The Hall–Kier alpha value is -1.59. The number of hydrogen-bond donors (Lipinski definition) is 0. The predicted molar refractivity (Wildman–Crippen MR) is 354 cm³/mol. The van der Waals surface area contributed by atoms with Crippen molar-refractivity contribution < 1.29 is 28.6 Å². The third-order valence-corrected chi connectivity index (χ3v) is 17.6. The highest BCUT2D eigenvalue weighted by atomic mass is 16.6. The Kier molecular flexibility index (Phi) is 69.5. The maximum atomic E-state index is 12.9. The summed E-state index contributed by atoms with van der Waals surface area (Å²) in [7, 11) is 0. The van der Waals surface area contributed by atoms with Crippen molar-refractivity contribution in [1.29, 1.82) is 0 Å². The Bertz CT molecular complexity index is 1220. The van der Waals surface area contributed by atoms with Crippen molar-refractivity contribution in [2.75, 3.05) is 13.2 Å². The fraction of sp³-hybridized carbons (Fsp3) is 0.960. The molecule has 0 saturated heterocycles. The number of hydrogen-bond acceptors (Lipinski definition) is 6. The van der Waals surface area contributed by atoms with Gasteiger partial charge in [-0.15, -0.1) is 0 Å². The van der Waals surface area contributed by atoms with Crippen molar-refractivity contribution in [2.24, 2.45) is 0 Å². The van der Waals surface area contributed by atoms with Gasteiger partial charge in [-0.05, 0) is 19.3 Å². The lowest BCUT2D eigenvalue weighted by Crippen LogP contribution is -2.30. The number of esters is 3. The van der Waals surface area contributed by atoms with E-state index in [0.29, 0.717) is 19.3 Å². The van der Waals surface area contributed by atoms with Crippen LogP contribution in [-0.2, 0) is 28.6 Å². The Morgan fingerprint density at radius 2 is 0.333 bits per heavy atom. The lowest BCUT2D eigenvalue weighted by Gasteiger charge is -2.18. The molecule has 0 fully saturated rings. The molecule has 1 unspecified atom stereocenters. The molecule has 0 N–H and O–H groups in total. The van der Waals surface area contributed by atoms with Crippen LogP contribution in [0.15, 0.2) is 0 Å². The molecule has 0 aliphatic rings. The Morgan fingerprint density at radius 3 is 0.494 bits per heavy atom. The average molecular weight is 1140 g/mol. The minimum absolute atomic E-state index is 0.0600. The molecule has 0 aliphatic heterocycles. The number of carbonyl (C=O) groups excluding carboxylic acids is 3. The van der Waals surface area contributed by atoms with Crippen molar-refractivity contribution in [3.05, 3.63) is 0 Å². The molecule has 0 amide bonds. The molecule has 0 saturated carbocycles. The van der Waals surface area contributed by atoms with Gasteiger partial charge in [0.1, 0.15) is 13.2 Å². The monoisotopic (exact) mass is 1140 g/mol. The van der Waals surface area contributed by atoms with Crippen molar-refractivity contribution in [3.63, 3.8) is 0 Å². The van der Waals surface area contributed by atoms with E-state index in [1.165, 1.54) is 347 Å². The molecule has 6 heteroatoms. The summed E-state index contributed by atoms with van der Waals surface area (Å²) in [4.78, 5) is 38.5. The third-order valence-electron chi connectivity index (χ3n) is 17.6. The smallest absolute Gasteiger partial charge is 0.306 e.